The number of rotatable bonds is 5. The van der Waals surface area contributed by atoms with E-state index in [2.05, 4.69) is 0 Å². The van der Waals surface area contributed by atoms with Gasteiger partial charge in [-0.05, 0) is 25.3 Å². The molecule has 0 bridgehead atoms. The zero-order valence-electron chi connectivity index (χ0n) is 12.1. The molecule has 1 unspecified atom stereocenters. The fraction of sp³-hybridized carbons (Fsp3) is 0.625. The summed E-state index contributed by atoms with van der Waals surface area (Å²) in [6.07, 6.45) is 4.26. The Morgan fingerprint density at radius 1 is 1.24 bits per heavy atom. The lowest BCUT2D eigenvalue weighted by Gasteiger charge is -2.33. The second kappa shape index (κ2) is 6.24. The van der Waals surface area contributed by atoms with Gasteiger partial charge in [0.2, 0.25) is 0 Å². The maximum Gasteiger partial charge on any atom is 0.276 e. The van der Waals surface area contributed by atoms with Crippen LogP contribution in [0.1, 0.15) is 56.6 Å². The molecule has 1 N–H and O–H groups in total. The molecule has 1 aromatic rings. The standard InChI is InChI=1S/C16H20F4O/c1-2-3-4-5-6-10-7-8-11-12(16(10,19)20)9-13(17)15(21)14(11)18/h9-10,21H,2-8H2,1H3. The average Bonchev–Trinajstić information content (AvgIpc) is 2.44. The molecule has 0 spiro atoms. The van der Waals surface area contributed by atoms with Crippen LogP contribution in [0.4, 0.5) is 17.6 Å². The third kappa shape index (κ3) is 3.01. The number of hydrogen-bond donors (Lipinski definition) is 1. The van der Waals surface area contributed by atoms with E-state index in [9.17, 15) is 22.7 Å². The molecule has 5 heteroatoms. The largest absolute Gasteiger partial charge is 0.503 e. The van der Waals surface area contributed by atoms with Gasteiger partial charge >= 0.3 is 0 Å². The maximum absolute atomic E-state index is 14.4. The minimum Gasteiger partial charge on any atom is -0.503 e. The zero-order chi connectivity index (χ0) is 15.6. The summed E-state index contributed by atoms with van der Waals surface area (Å²) >= 11 is 0. The third-order valence-electron chi connectivity index (χ3n) is 4.32. The number of phenolic OH excluding ortho intramolecular Hbond substituents is 1. The molecule has 118 valence electrons. The van der Waals surface area contributed by atoms with Gasteiger partial charge in [0.1, 0.15) is 0 Å². The second-order valence-electron chi connectivity index (χ2n) is 5.75. The van der Waals surface area contributed by atoms with Crippen LogP contribution >= 0.6 is 0 Å². The Kier molecular flexibility index (Phi) is 4.79. The van der Waals surface area contributed by atoms with Gasteiger partial charge in [0, 0.05) is 17.0 Å². The first kappa shape index (κ1) is 16.1. The molecule has 0 aromatic heterocycles. The van der Waals surface area contributed by atoms with Gasteiger partial charge in [0.25, 0.3) is 5.92 Å². The summed E-state index contributed by atoms with van der Waals surface area (Å²) in [5.41, 5.74) is -0.842. The maximum atomic E-state index is 14.4. The molecule has 1 aliphatic rings. The smallest absolute Gasteiger partial charge is 0.276 e. The number of halogens is 4. The van der Waals surface area contributed by atoms with E-state index in [4.69, 9.17) is 0 Å². The van der Waals surface area contributed by atoms with Gasteiger partial charge in [0.15, 0.2) is 17.4 Å². The Balaban J connectivity index is 2.23. The normalized spacial score (nSPS) is 20.3. The van der Waals surface area contributed by atoms with Crippen LogP contribution in [0, 0.1) is 17.6 Å². The minimum atomic E-state index is -3.24. The van der Waals surface area contributed by atoms with Crippen molar-refractivity contribution in [3.8, 4) is 5.75 Å². The molecular weight excluding hydrogens is 284 g/mol. The highest BCUT2D eigenvalue weighted by Crippen LogP contribution is 2.48. The predicted octanol–water partition coefficient (Wildman–Crippen LogP) is 5.30. The third-order valence-corrected chi connectivity index (χ3v) is 4.32. The van der Waals surface area contributed by atoms with Gasteiger partial charge in [-0.2, -0.15) is 0 Å². The van der Waals surface area contributed by atoms with E-state index in [0.29, 0.717) is 18.9 Å². The second-order valence-corrected chi connectivity index (χ2v) is 5.75. The van der Waals surface area contributed by atoms with E-state index in [0.717, 1.165) is 19.3 Å². The molecule has 0 heterocycles. The highest BCUT2D eigenvalue weighted by molar-refractivity contribution is 5.42. The summed E-state index contributed by atoms with van der Waals surface area (Å²) in [5, 5.41) is 9.20. The summed E-state index contributed by atoms with van der Waals surface area (Å²) in [5.74, 6) is -7.85. The first-order valence-corrected chi connectivity index (χ1v) is 7.47. The van der Waals surface area contributed by atoms with Crippen molar-refractivity contribution < 1.29 is 22.7 Å². The van der Waals surface area contributed by atoms with Crippen LogP contribution in [0.25, 0.3) is 0 Å². The van der Waals surface area contributed by atoms with Crippen LogP contribution in [0.2, 0.25) is 0 Å². The molecule has 2 rings (SSSR count). The number of fused-ring (bicyclic) bond motifs is 1. The Morgan fingerprint density at radius 2 is 1.95 bits per heavy atom. The van der Waals surface area contributed by atoms with Crippen molar-refractivity contribution >= 4 is 0 Å². The van der Waals surface area contributed by atoms with E-state index >= 15 is 0 Å². The number of hydrogen-bond acceptors (Lipinski definition) is 1. The van der Waals surface area contributed by atoms with Crippen molar-refractivity contribution in [1.82, 2.24) is 0 Å². The molecule has 1 aliphatic carbocycles. The molecular formula is C16H20F4O. The molecule has 0 fully saturated rings. The average molecular weight is 304 g/mol. The highest BCUT2D eigenvalue weighted by atomic mass is 19.3. The van der Waals surface area contributed by atoms with Gasteiger partial charge in [-0.15, -0.1) is 0 Å². The lowest BCUT2D eigenvalue weighted by molar-refractivity contribution is -0.0799. The van der Waals surface area contributed by atoms with Gasteiger partial charge in [-0.3, -0.25) is 0 Å². The van der Waals surface area contributed by atoms with Crippen LogP contribution in [0.15, 0.2) is 6.07 Å². The number of benzene rings is 1. The predicted molar refractivity (Wildman–Crippen MR) is 72.5 cm³/mol. The van der Waals surface area contributed by atoms with E-state index in [1.165, 1.54) is 0 Å². The molecule has 21 heavy (non-hydrogen) atoms. The van der Waals surface area contributed by atoms with Crippen LogP contribution in [0.3, 0.4) is 0 Å². The molecule has 1 aromatic carbocycles. The molecule has 0 amide bonds. The van der Waals surface area contributed by atoms with Gasteiger partial charge < -0.3 is 5.11 Å². The first-order chi connectivity index (χ1) is 9.89. The van der Waals surface area contributed by atoms with Gasteiger partial charge in [-0.1, -0.05) is 32.6 Å². The van der Waals surface area contributed by atoms with Crippen molar-refractivity contribution in [3.63, 3.8) is 0 Å². The Bertz CT molecular complexity index is 513. The van der Waals surface area contributed by atoms with Crippen LogP contribution in [-0.4, -0.2) is 5.11 Å². The quantitative estimate of drug-likeness (QED) is 0.578. The van der Waals surface area contributed by atoms with Crippen molar-refractivity contribution in [2.24, 2.45) is 5.92 Å². The Morgan fingerprint density at radius 3 is 2.62 bits per heavy atom. The number of aromatic hydroxyl groups is 1. The van der Waals surface area contributed by atoms with Crippen molar-refractivity contribution in [2.75, 3.05) is 0 Å². The Labute approximate surface area is 122 Å². The van der Waals surface area contributed by atoms with Crippen molar-refractivity contribution in [1.29, 1.82) is 0 Å². The van der Waals surface area contributed by atoms with E-state index < -0.39 is 34.8 Å². The fourth-order valence-electron chi connectivity index (χ4n) is 3.05. The summed E-state index contributed by atoms with van der Waals surface area (Å²) < 4.78 is 56.0. The molecule has 0 saturated carbocycles. The SMILES string of the molecule is CCCCCCC1CCc2c(cc(F)c(O)c2F)C1(F)F. The summed E-state index contributed by atoms with van der Waals surface area (Å²) in [4.78, 5) is 0. The first-order valence-electron chi connectivity index (χ1n) is 7.47. The summed E-state index contributed by atoms with van der Waals surface area (Å²) in [7, 11) is 0. The van der Waals surface area contributed by atoms with E-state index in [-0.39, 0.29) is 18.4 Å². The van der Waals surface area contributed by atoms with Gasteiger partial charge in [-0.25, -0.2) is 17.6 Å². The van der Waals surface area contributed by atoms with Crippen molar-refractivity contribution in [3.05, 3.63) is 28.8 Å². The zero-order valence-corrected chi connectivity index (χ0v) is 12.1. The van der Waals surface area contributed by atoms with Crippen LogP contribution in [0.5, 0.6) is 5.75 Å². The molecule has 1 nitrogen and oxygen atoms in total. The van der Waals surface area contributed by atoms with Crippen molar-refractivity contribution in [2.45, 2.75) is 57.8 Å². The van der Waals surface area contributed by atoms with E-state index in [1.54, 1.807) is 0 Å². The number of alkyl halides is 2. The summed E-state index contributed by atoms with van der Waals surface area (Å²) in [6, 6.07) is 0.589. The molecule has 0 aliphatic heterocycles. The van der Waals surface area contributed by atoms with Crippen LogP contribution < -0.4 is 0 Å². The lowest BCUT2D eigenvalue weighted by Crippen LogP contribution is -2.32. The van der Waals surface area contributed by atoms with Crippen LogP contribution in [-0.2, 0) is 12.3 Å². The fourth-order valence-corrected chi connectivity index (χ4v) is 3.05. The number of unbranched alkanes of at least 4 members (excludes halogenated alkanes) is 3. The molecule has 1 atom stereocenters. The topological polar surface area (TPSA) is 20.2 Å². The minimum absolute atomic E-state index is 0.114. The Hall–Kier alpha value is -1.26. The molecule has 0 saturated heterocycles. The van der Waals surface area contributed by atoms with Gasteiger partial charge in [0.05, 0.1) is 0 Å². The number of phenols is 1. The lowest BCUT2D eigenvalue weighted by atomic mass is 9.77. The summed E-state index contributed by atoms with van der Waals surface area (Å²) in [6.45, 7) is 2.05. The highest BCUT2D eigenvalue weighted by Gasteiger charge is 2.46. The molecule has 0 radical (unpaired) electrons. The van der Waals surface area contributed by atoms with E-state index in [1.807, 2.05) is 6.92 Å². The monoisotopic (exact) mass is 304 g/mol.